The zero-order valence-electron chi connectivity index (χ0n) is 14.4. The van der Waals surface area contributed by atoms with Crippen LogP contribution in [0.4, 0.5) is 11.6 Å². The van der Waals surface area contributed by atoms with E-state index in [2.05, 4.69) is 31.3 Å². The van der Waals surface area contributed by atoms with Gasteiger partial charge in [-0.15, -0.1) is 0 Å². The maximum Gasteiger partial charge on any atom is 0.262 e. The Morgan fingerprint density at radius 2 is 1.88 bits per heavy atom. The molecule has 0 unspecified atom stereocenters. The van der Waals surface area contributed by atoms with E-state index in [-0.39, 0.29) is 5.56 Å². The van der Waals surface area contributed by atoms with Crippen molar-refractivity contribution in [2.24, 2.45) is 0 Å². The maximum atomic E-state index is 12.7. The number of nitrogens with one attached hydrogen (secondary N) is 2. The van der Waals surface area contributed by atoms with Gasteiger partial charge in [0.15, 0.2) is 5.65 Å². The molecule has 2 N–H and O–H groups in total. The summed E-state index contributed by atoms with van der Waals surface area (Å²) in [6.07, 6.45) is 3.33. The van der Waals surface area contributed by atoms with Gasteiger partial charge in [-0.2, -0.15) is 4.98 Å². The van der Waals surface area contributed by atoms with Crippen molar-refractivity contribution in [3.05, 3.63) is 76.3 Å². The van der Waals surface area contributed by atoms with Crippen LogP contribution in [0.25, 0.3) is 22.3 Å². The van der Waals surface area contributed by atoms with E-state index in [1.165, 1.54) is 5.56 Å². The highest BCUT2D eigenvalue weighted by Crippen LogP contribution is 2.24. The molecule has 0 atom stereocenters. The third-order valence-electron chi connectivity index (χ3n) is 4.18. The minimum Gasteiger partial charge on any atom is -0.325 e. The second kappa shape index (κ2) is 6.40. The highest BCUT2D eigenvalue weighted by molar-refractivity contribution is 5.91. The fourth-order valence-corrected chi connectivity index (χ4v) is 2.94. The van der Waals surface area contributed by atoms with Gasteiger partial charge in [-0.3, -0.25) is 14.8 Å². The van der Waals surface area contributed by atoms with Crippen molar-refractivity contribution in [3.8, 4) is 11.3 Å². The van der Waals surface area contributed by atoms with Crippen LogP contribution in [0.3, 0.4) is 0 Å². The van der Waals surface area contributed by atoms with Gasteiger partial charge in [0.05, 0.1) is 11.1 Å². The van der Waals surface area contributed by atoms with E-state index in [1.807, 2.05) is 44.2 Å². The van der Waals surface area contributed by atoms with Crippen molar-refractivity contribution in [2.75, 3.05) is 5.32 Å². The molecule has 0 aliphatic heterocycles. The van der Waals surface area contributed by atoms with Crippen LogP contribution in [0.2, 0.25) is 0 Å². The molecule has 0 aliphatic rings. The number of benzene rings is 1. The summed E-state index contributed by atoms with van der Waals surface area (Å²) in [6, 6.07) is 13.4. The van der Waals surface area contributed by atoms with Gasteiger partial charge < -0.3 is 5.32 Å². The second-order valence-corrected chi connectivity index (χ2v) is 6.13. The van der Waals surface area contributed by atoms with Crippen LogP contribution >= 0.6 is 0 Å². The first-order valence-corrected chi connectivity index (χ1v) is 8.26. The number of pyridine rings is 2. The smallest absolute Gasteiger partial charge is 0.262 e. The lowest BCUT2D eigenvalue weighted by atomic mass is 10.1. The van der Waals surface area contributed by atoms with Crippen LogP contribution in [0.5, 0.6) is 0 Å². The summed E-state index contributed by atoms with van der Waals surface area (Å²) in [5.74, 6) is 0.361. The van der Waals surface area contributed by atoms with E-state index in [4.69, 9.17) is 0 Å². The quantitative estimate of drug-likeness (QED) is 0.592. The fourth-order valence-electron chi connectivity index (χ4n) is 2.94. The molecule has 0 aliphatic carbocycles. The molecule has 0 saturated heterocycles. The molecule has 0 bridgehead atoms. The SMILES string of the molecule is Cc1ccc(Nc2nc3nccc(-c4ccccn4)c3c(=O)[nH]2)c(C)c1. The molecule has 3 heterocycles. The molecule has 1 aromatic carbocycles. The topological polar surface area (TPSA) is 83.6 Å². The van der Waals surface area contributed by atoms with Crippen LogP contribution in [0.15, 0.2) is 59.7 Å². The van der Waals surface area contributed by atoms with E-state index in [1.54, 1.807) is 18.5 Å². The van der Waals surface area contributed by atoms with E-state index < -0.39 is 0 Å². The summed E-state index contributed by atoms with van der Waals surface area (Å²) in [5, 5.41) is 3.60. The average molecular weight is 343 g/mol. The predicted octanol–water partition coefficient (Wildman–Crippen LogP) is 3.74. The summed E-state index contributed by atoms with van der Waals surface area (Å²) < 4.78 is 0. The van der Waals surface area contributed by atoms with Gasteiger partial charge in [-0.25, -0.2) is 4.98 Å². The molecule has 6 nitrogen and oxygen atoms in total. The summed E-state index contributed by atoms with van der Waals surface area (Å²) in [4.78, 5) is 28.6. The fraction of sp³-hybridized carbons (Fsp3) is 0.100. The molecular weight excluding hydrogens is 326 g/mol. The minimum atomic E-state index is -0.254. The molecular formula is C20H17N5O. The van der Waals surface area contributed by atoms with Crippen molar-refractivity contribution >= 4 is 22.7 Å². The summed E-state index contributed by atoms with van der Waals surface area (Å²) in [7, 11) is 0. The second-order valence-electron chi connectivity index (χ2n) is 6.13. The number of H-pyrrole nitrogens is 1. The Hall–Kier alpha value is -3.54. The van der Waals surface area contributed by atoms with Crippen LogP contribution in [-0.4, -0.2) is 19.9 Å². The molecule has 0 fully saturated rings. The van der Waals surface area contributed by atoms with Crippen molar-refractivity contribution in [1.82, 2.24) is 19.9 Å². The molecule has 26 heavy (non-hydrogen) atoms. The third kappa shape index (κ3) is 2.93. The van der Waals surface area contributed by atoms with E-state index in [9.17, 15) is 4.79 Å². The summed E-state index contributed by atoms with van der Waals surface area (Å²) in [5.41, 5.74) is 4.68. The lowest BCUT2D eigenvalue weighted by Crippen LogP contribution is -2.13. The number of aromatic nitrogens is 4. The highest BCUT2D eigenvalue weighted by atomic mass is 16.1. The van der Waals surface area contributed by atoms with Gasteiger partial charge >= 0.3 is 0 Å². The van der Waals surface area contributed by atoms with Crippen molar-refractivity contribution in [1.29, 1.82) is 0 Å². The standard InChI is InChI=1S/C20H17N5O/c1-12-6-7-15(13(2)11-12)23-20-24-18-17(19(26)25-20)14(8-10-22-18)16-5-3-4-9-21-16/h3-11H,1-2H3,(H2,22,23,24,25,26). The van der Waals surface area contributed by atoms with Crippen molar-refractivity contribution in [2.45, 2.75) is 13.8 Å². The first-order valence-electron chi connectivity index (χ1n) is 8.26. The Morgan fingerprint density at radius 3 is 2.65 bits per heavy atom. The van der Waals surface area contributed by atoms with E-state index in [0.29, 0.717) is 28.2 Å². The van der Waals surface area contributed by atoms with Crippen LogP contribution in [0, 0.1) is 13.8 Å². The number of nitrogens with zero attached hydrogens (tertiary/aromatic N) is 3. The van der Waals surface area contributed by atoms with Gasteiger partial charge in [0.1, 0.15) is 0 Å². The van der Waals surface area contributed by atoms with Gasteiger partial charge in [0, 0.05) is 23.6 Å². The first kappa shape index (κ1) is 16.0. The van der Waals surface area contributed by atoms with Gasteiger partial charge in [-0.1, -0.05) is 23.8 Å². The Balaban J connectivity index is 1.82. The number of rotatable bonds is 3. The average Bonchev–Trinajstić information content (AvgIpc) is 2.64. The highest BCUT2D eigenvalue weighted by Gasteiger charge is 2.12. The molecule has 0 amide bonds. The van der Waals surface area contributed by atoms with E-state index >= 15 is 0 Å². The van der Waals surface area contributed by atoms with Gasteiger partial charge in [-0.05, 0) is 43.7 Å². The summed E-state index contributed by atoms with van der Waals surface area (Å²) >= 11 is 0. The molecule has 0 saturated carbocycles. The Labute approximate surface area is 150 Å². The number of hydrogen-bond donors (Lipinski definition) is 2. The molecule has 0 radical (unpaired) electrons. The number of aromatic amines is 1. The van der Waals surface area contributed by atoms with E-state index in [0.717, 1.165) is 11.3 Å². The number of anilines is 2. The normalized spacial score (nSPS) is 10.8. The molecule has 0 spiro atoms. The van der Waals surface area contributed by atoms with Gasteiger partial charge in [0.25, 0.3) is 5.56 Å². The van der Waals surface area contributed by atoms with Gasteiger partial charge in [0.2, 0.25) is 5.95 Å². The molecule has 4 aromatic rings. The minimum absolute atomic E-state index is 0.254. The first-order chi connectivity index (χ1) is 12.6. The predicted molar refractivity (Wildman–Crippen MR) is 103 cm³/mol. The lowest BCUT2D eigenvalue weighted by molar-refractivity contribution is 1.14. The maximum absolute atomic E-state index is 12.7. The monoisotopic (exact) mass is 343 g/mol. The molecule has 128 valence electrons. The van der Waals surface area contributed by atoms with Crippen molar-refractivity contribution in [3.63, 3.8) is 0 Å². The molecule has 6 heteroatoms. The molecule has 4 rings (SSSR count). The number of aryl methyl sites for hydroxylation is 2. The largest absolute Gasteiger partial charge is 0.325 e. The van der Waals surface area contributed by atoms with Crippen LogP contribution in [-0.2, 0) is 0 Å². The zero-order chi connectivity index (χ0) is 18.1. The van der Waals surface area contributed by atoms with Crippen LogP contribution < -0.4 is 10.9 Å². The molecule has 3 aromatic heterocycles. The van der Waals surface area contributed by atoms with Crippen molar-refractivity contribution < 1.29 is 0 Å². The lowest BCUT2D eigenvalue weighted by Gasteiger charge is -2.10. The Kier molecular flexibility index (Phi) is 3.93. The Bertz CT molecular complexity index is 1150. The number of fused-ring (bicyclic) bond motifs is 1. The Morgan fingerprint density at radius 1 is 1.00 bits per heavy atom. The summed E-state index contributed by atoms with van der Waals surface area (Å²) in [6.45, 7) is 4.04. The van der Waals surface area contributed by atoms with Crippen LogP contribution in [0.1, 0.15) is 11.1 Å². The third-order valence-corrected chi connectivity index (χ3v) is 4.18. The number of hydrogen-bond acceptors (Lipinski definition) is 5. The zero-order valence-corrected chi connectivity index (χ0v) is 14.4.